The predicted octanol–water partition coefficient (Wildman–Crippen LogP) is 2.03. The third kappa shape index (κ3) is 2.47. The Morgan fingerprint density at radius 3 is 2.85 bits per heavy atom. The van der Waals surface area contributed by atoms with E-state index in [2.05, 4.69) is 0 Å². The van der Waals surface area contributed by atoms with Gasteiger partial charge in [0.05, 0.1) is 12.7 Å². The first-order valence-electron chi connectivity index (χ1n) is 3.91. The van der Waals surface area contributed by atoms with E-state index in [4.69, 9.17) is 9.47 Å². The lowest BCUT2D eigenvalue weighted by Crippen LogP contribution is -2.01. The van der Waals surface area contributed by atoms with Crippen LogP contribution in [0.25, 0.3) is 0 Å². The van der Waals surface area contributed by atoms with Gasteiger partial charge in [-0.05, 0) is 25.1 Å². The van der Waals surface area contributed by atoms with E-state index in [9.17, 15) is 4.79 Å². The summed E-state index contributed by atoms with van der Waals surface area (Å²) >= 11 is 0. The van der Waals surface area contributed by atoms with Crippen LogP contribution in [0.2, 0.25) is 0 Å². The van der Waals surface area contributed by atoms with Crippen molar-refractivity contribution in [3.63, 3.8) is 0 Å². The molecule has 0 aliphatic rings. The van der Waals surface area contributed by atoms with E-state index in [1.165, 1.54) is 6.61 Å². The Morgan fingerprint density at radius 2 is 2.23 bits per heavy atom. The van der Waals surface area contributed by atoms with Crippen molar-refractivity contribution in [2.45, 2.75) is 6.92 Å². The van der Waals surface area contributed by atoms with Gasteiger partial charge in [0, 0.05) is 0 Å². The van der Waals surface area contributed by atoms with Gasteiger partial charge < -0.3 is 9.47 Å². The summed E-state index contributed by atoms with van der Waals surface area (Å²) in [5, 5.41) is 0. The van der Waals surface area contributed by atoms with Gasteiger partial charge in [-0.2, -0.15) is 0 Å². The molecule has 1 rings (SSSR count). The summed E-state index contributed by atoms with van der Waals surface area (Å²) in [6.45, 7) is 3.00. The van der Waals surface area contributed by atoms with E-state index in [0.29, 0.717) is 11.3 Å². The van der Waals surface area contributed by atoms with Crippen molar-refractivity contribution < 1.29 is 14.3 Å². The minimum Gasteiger partial charge on any atom is -0.497 e. The maximum absolute atomic E-state index is 11.2. The molecule has 0 fully saturated rings. The van der Waals surface area contributed by atoms with E-state index < -0.39 is 0 Å². The first-order chi connectivity index (χ1) is 6.27. The van der Waals surface area contributed by atoms with Crippen LogP contribution in [0, 0.1) is 6.61 Å². The monoisotopic (exact) mass is 179 g/mol. The summed E-state index contributed by atoms with van der Waals surface area (Å²) in [7, 11) is 1.55. The van der Waals surface area contributed by atoms with E-state index in [-0.39, 0.29) is 5.97 Å². The highest BCUT2D eigenvalue weighted by atomic mass is 16.5. The first kappa shape index (κ1) is 9.58. The Bertz CT molecular complexity index is 294. The van der Waals surface area contributed by atoms with E-state index >= 15 is 0 Å². The van der Waals surface area contributed by atoms with Gasteiger partial charge in [0.1, 0.15) is 12.4 Å². The second-order valence-corrected chi connectivity index (χ2v) is 2.37. The van der Waals surface area contributed by atoms with Crippen LogP contribution in [0.5, 0.6) is 5.75 Å². The van der Waals surface area contributed by atoms with E-state index in [0.717, 1.165) is 0 Å². The van der Waals surface area contributed by atoms with Crippen LogP contribution >= 0.6 is 0 Å². The van der Waals surface area contributed by atoms with Crippen molar-refractivity contribution in [3.8, 4) is 5.75 Å². The third-order valence-corrected chi connectivity index (χ3v) is 1.53. The number of carbonyl (C=O) groups is 1. The topological polar surface area (TPSA) is 35.5 Å². The summed E-state index contributed by atoms with van der Waals surface area (Å²) < 4.78 is 9.67. The summed E-state index contributed by atoms with van der Waals surface area (Å²) in [5.41, 5.74) is 0.484. The van der Waals surface area contributed by atoms with Gasteiger partial charge in [0.15, 0.2) is 0 Å². The molecule has 0 spiro atoms. The molecule has 69 valence electrons. The first-order valence-corrected chi connectivity index (χ1v) is 3.91. The molecule has 0 amide bonds. The molecule has 0 aliphatic carbocycles. The molecule has 0 saturated heterocycles. The number of benzene rings is 1. The molecule has 0 saturated carbocycles. The van der Waals surface area contributed by atoms with Crippen LogP contribution < -0.4 is 4.74 Å². The van der Waals surface area contributed by atoms with Gasteiger partial charge in [0.2, 0.25) is 0 Å². The zero-order valence-corrected chi connectivity index (χ0v) is 7.61. The van der Waals surface area contributed by atoms with Crippen LogP contribution in [0.1, 0.15) is 17.3 Å². The summed E-state index contributed by atoms with van der Waals surface area (Å²) in [4.78, 5) is 11.2. The lowest BCUT2D eigenvalue weighted by Gasteiger charge is -2.03. The minimum atomic E-state index is -0.374. The Morgan fingerprint density at radius 1 is 1.46 bits per heavy atom. The Hall–Kier alpha value is -1.51. The minimum absolute atomic E-state index is 0.374. The molecule has 0 N–H and O–H groups in total. The Balaban J connectivity index is 2.82. The molecule has 0 bridgehead atoms. The zero-order chi connectivity index (χ0) is 9.68. The van der Waals surface area contributed by atoms with Gasteiger partial charge in [-0.1, -0.05) is 6.07 Å². The predicted molar refractivity (Wildman–Crippen MR) is 48.4 cm³/mol. The molecule has 0 heterocycles. The molecule has 1 aromatic rings. The van der Waals surface area contributed by atoms with Gasteiger partial charge >= 0.3 is 5.97 Å². The summed E-state index contributed by atoms with van der Waals surface area (Å²) in [6.07, 6.45) is 0. The fraction of sp³-hybridized carbons (Fsp3) is 0.200. The number of hydrogen-bond acceptors (Lipinski definition) is 3. The van der Waals surface area contributed by atoms with Gasteiger partial charge in [-0.25, -0.2) is 4.79 Å². The number of ether oxygens (including phenoxy) is 2. The maximum Gasteiger partial charge on any atom is 0.338 e. The summed E-state index contributed by atoms with van der Waals surface area (Å²) in [6, 6.07) is 6.82. The average Bonchev–Trinajstić information content (AvgIpc) is 2.18. The quantitative estimate of drug-likeness (QED) is 0.666. The molecule has 13 heavy (non-hydrogen) atoms. The van der Waals surface area contributed by atoms with Crippen molar-refractivity contribution in [3.05, 3.63) is 36.4 Å². The lowest BCUT2D eigenvalue weighted by molar-refractivity contribution is 0.0612. The standard InChI is InChI=1S/C10H11O3/c1-3-13-10(11)8-5-4-6-9(7-8)12-2/h3-7H,1-2H3. The van der Waals surface area contributed by atoms with Crippen LogP contribution in [0.3, 0.4) is 0 Å². The normalized spacial score (nSPS) is 9.38. The number of methoxy groups -OCH3 is 1. The molecule has 1 radical (unpaired) electrons. The molecule has 0 aliphatic heterocycles. The highest BCUT2D eigenvalue weighted by Crippen LogP contribution is 2.13. The fourth-order valence-electron chi connectivity index (χ4n) is 0.925. The van der Waals surface area contributed by atoms with Crippen molar-refractivity contribution in [1.29, 1.82) is 0 Å². The van der Waals surface area contributed by atoms with E-state index in [1.54, 1.807) is 38.3 Å². The smallest absolute Gasteiger partial charge is 0.338 e. The van der Waals surface area contributed by atoms with E-state index in [1.807, 2.05) is 0 Å². The van der Waals surface area contributed by atoms with Crippen LogP contribution in [0.4, 0.5) is 0 Å². The van der Waals surface area contributed by atoms with Crippen molar-refractivity contribution in [1.82, 2.24) is 0 Å². The third-order valence-electron chi connectivity index (χ3n) is 1.53. The number of carbonyl (C=O) groups excluding carboxylic acids is 1. The molecule has 0 unspecified atom stereocenters. The van der Waals surface area contributed by atoms with Gasteiger partial charge in [0.25, 0.3) is 0 Å². The van der Waals surface area contributed by atoms with Gasteiger partial charge in [-0.15, -0.1) is 0 Å². The maximum atomic E-state index is 11.2. The largest absolute Gasteiger partial charge is 0.497 e. The van der Waals surface area contributed by atoms with Crippen molar-refractivity contribution >= 4 is 5.97 Å². The molecule has 3 nitrogen and oxygen atoms in total. The molecular formula is C10H11O3. The van der Waals surface area contributed by atoms with Gasteiger partial charge in [-0.3, -0.25) is 0 Å². The lowest BCUT2D eigenvalue weighted by atomic mass is 10.2. The zero-order valence-electron chi connectivity index (χ0n) is 7.61. The fourth-order valence-corrected chi connectivity index (χ4v) is 0.925. The van der Waals surface area contributed by atoms with Crippen molar-refractivity contribution in [2.24, 2.45) is 0 Å². The second kappa shape index (κ2) is 4.50. The average molecular weight is 179 g/mol. The highest BCUT2D eigenvalue weighted by molar-refractivity contribution is 5.90. The van der Waals surface area contributed by atoms with Crippen LogP contribution in [-0.2, 0) is 4.74 Å². The highest BCUT2D eigenvalue weighted by Gasteiger charge is 2.06. The number of rotatable bonds is 3. The van der Waals surface area contributed by atoms with Crippen LogP contribution in [-0.4, -0.2) is 13.1 Å². The molecule has 3 heteroatoms. The Labute approximate surface area is 77.3 Å². The van der Waals surface area contributed by atoms with Crippen molar-refractivity contribution in [2.75, 3.05) is 7.11 Å². The molecule has 0 aromatic heterocycles. The summed E-state index contributed by atoms with van der Waals surface area (Å²) in [5.74, 6) is 0.270. The second-order valence-electron chi connectivity index (χ2n) is 2.37. The molecular weight excluding hydrogens is 168 g/mol. The van der Waals surface area contributed by atoms with Crippen LogP contribution in [0.15, 0.2) is 24.3 Å². The molecule has 0 atom stereocenters. The Kier molecular flexibility index (Phi) is 3.31. The number of hydrogen-bond donors (Lipinski definition) is 0. The molecule has 1 aromatic carbocycles. The number of esters is 1. The SMILES string of the molecule is C[CH]OC(=O)c1cccc(OC)c1.